The molecule has 1 aliphatic rings. The molecule has 1 aliphatic heterocycles. The molecule has 0 saturated carbocycles. The van der Waals surface area contributed by atoms with E-state index in [2.05, 4.69) is 37.9 Å². The highest BCUT2D eigenvalue weighted by Crippen LogP contribution is 2.26. The van der Waals surface area contributed by atoms with Crippen LogP contribution in [0.25, 0.3) is 0 Å². The molecule has 0 radical (unpaired) electrons. The van der Waals surface area contributed by atoms with Gasteiger partial charge in [0.1, 0.15) is 0 Å². The summed E-state index contributed by atoms with van der Waals surface area (Å²) < 4.78 is 0. The fourth-order valence-corrected chi connectivity index (χ4v) is 2.02. The van der Waals surface area contributed by atoms with Gasteiger partial charge in [-0.3, -0.25) is 4.90 Å². The zero-order chi connectivity index (χ0) is 13.3. The van der Waals surface area contributed by atoms with Crippen molar-refractivity contribution in [1.29, 1.82) is 0 Å². The zero-order valence-corrected chi connectivity index (χ0v) is 11.5. The Morgan fingerprint density at radius 3 is 2.28 bits per heavy atom. The van der Waals surface area contributed by atoms with Gasteiger partial charge in [0.05, 0.1) is 6.54 Å². The van der Waals surface area contributed by atoms with Crippen molar-refractivity contribution >= 4 is 17.4 Å². The third-order valence-corrected chi connectivity index (χ3v) is 3.28. The van der Waals surface area contributed by atoms with Crippen LogP contribution in [0.4, 0.5) is 10.5 Å². The standard InChI is InChI=1S/C15H20N2O/c1-5-12-10-17(14(18)16-12)13-8-6-11(7-9-13)15(2,3)4/h6-9H,5,10H2,1-4H3. The Hall–Kier alpha value is -1.64. The van der Waals surface area contributed by atoms with E-state index in [1.54, 1.807) is 4.90 Å². The molecular weight excluding hydrogens is 224 g/mol. The van der Waals surface area contributed by atoms with Gasteiger partial charge in [-0.15, -0.1) is 0 Å². The predicted molar refractivity (Wildman–Crippen MR) is 75.6 cm³/mol. The number of hydrogen-bond acceptors (Lipinski definition) is 1. The van der Waals surface area contributed by atoms with Crippen molar-refractivity contribution in [2.45, 2.75) is 39.5 Å². The van der Waals surface area contributed by atoms with Gasteiger partial charge in [0.15, 0.2) is 0 Å². The second kappa shape index (κ2) is 4.56. The van der Waals surface area contributed by atoms with E-state index in [1.165, 1.54) is 5.56 Å². The maximum Gasteiger partial charge on any atom is 0.348 e. The van der Waals surface area contributed by atoms with Crippen molar-refractivity contribution in [3.8, 4) is 0 Å². The van der Waals surface area contributed by atoms with Gasteiger partial charge in [-0.2, -0.15) is 0 Å². The van der Waals surface area contributed by atoms with Crippen LogP contribution in [0.3, 0.4) is 0 Å². The second-order valence-corrected chi connectivity index (χ2v) is 5.70. The molecule has 0 aliphatic carbocycles. The van der Waals surface area contributed by atoms with Gasteiger partial charge in [0.2, 0.25) is 0 Å². The number of nitrogens with zero attached hydrogens (tertiary/aromatic N) is 2. The van der Waals surface area contributed by atoms with Crippen LogP contribution in [0.1, 0.15) is 39.7 Å². The van der Waals surface area contributed by atoms with E-state index in [0.717, 1.165) is 17.8 Å². The Morgan fingerprint density at radius 2 is 1.83 bits per heavy atom. The van der Waals surface area contributed by atoms with Gasteiger partial charge >= 0.3 is 6.03 Å². The smallest absolute Gasteiger partial charge is 0.287 e. The minimum atomic E-state index is -0.143. The average molecular weight is 244 g/mol. The molecule has 0 N–H and O–H groups in total. The first-order chi connectivity index (χ1) is 8.41. The Labute approximate surface area is 109 Å². The molecule has 2 amide bonds. The van der Waals surface area contributed by atoms with Gasteiger partial charge in [0, 0.05) is 11.4 Å². The number of aliphatic imine (C=N–C) groups is 1. The van der Waals surface area contributed by atoms with E-state index in [9.17, 15) is 4.79 Å². The summed E-state index contributed by atoms with van der Waals surface area (Å²) in [4.78, 5) is 17.5. The Bertz CT molecular complexity index is 480. The lowest BCUT2D eigenvalue weighted by Gasteiger charge is -2.21. The maximum atomic E-state index is 11.8. The van der Waals surface area contributed by atoms with E-state index in [1.807, 2.05) is 19.1 Å². The van der Waals surface area contributed by atoms with E-state index in [-0.39, 0.29) is 11.4 Å². The van der Waals surface area contributed by atoms with Gasteiger partial charge in [0.25, 0.3) is 0 Å². The highest BCUT2D eigenvalue weighted by molar-refractivity contribution is 6.11. The lowest BCUT2D eigenvalue weighted by Crippen LogP contribution is -2.25. The Balaban J connectivity index is 2.20. The zero-order valence-electron chi connectivity index (χ0n) is 11.5. The SMILES string of the molecule is CCC1=NC(=O)N(c2ccc(C(C)(C)C)cc2)C1. The first kappa shape index (κ1) is 12.8. The molecule has 0 fully saturated rings. The van der Waals surface area contributed by atoms with Crippen LogP contribution in [0.15, 0.2) is 29.3 Å². The van der Waals surface area contributed by atoms with Gasteiger partial charge in [-0.25, -0.2) is 9.79 Å². The normalized spacial score (nSPS) is 16.1. The number of hydrogen-bond donors (Lipinski definition) is 0. The van der Waals surface area contributed by atoms with E-state index < -0.39 is 0 Å². The summed E-state index contributed by atoms with van der Waals surface area (Å²) in [5.74, 6) is 0. The first-order valence-electron chi connectivity index (χ1n) is 6.40. The lowest BCUT2D eigenvalue weighted by molar-refractivity contribution is 0.256. The molecule has 0 atom stereocenters. The molecule has 3 heteroatoms. The number of amides is 2. The molecule has 3 nitrogen and oxygen atoms in total. The van der Waals surface area contributed by atoms with Crippen LogP contribution in [-0.4, -0.2) is 18.3 Å². The molecule has 0 aromatic heterocycles. The van der Waals surface area contributed by atoms with Crippen molar-refractivity contribution in [3.05, 3.63) is 29.8 Å². The average Bonchev–Trinajstić information content (AvgIpc) is 2.70. The van der Waals surface area contributed by atoms with Crippen LogP contribution in [0.2, 0.25) is 0 Å². The van der Waals surface area contributed by atoms with E-state index >= 15 is 0 Å². The summed E-state index contributed by atoms with van der Waals surface area (Å²) in [6.45, 7) is 9.20. The van der Waals surface area contributed by atoms with Gasteiger partial charge < -0.3 is 0 Å². The second-order valence-electron chi connectivity index (χ2n) is 5.70. The summed E-state index contributed by atoms with van der Waals surface area (Å²) in [6, 6.07) is 8.05. The monoisotopic (exact) mass is 244 g/mol. The maximum absolute atomic E-state index is 11.8. The topological polar surface area (TPSA) is 32.7 Å². The molecule has 1 aromatic carbocycles. The Kier molecular flexibility index (Phi) is 3.24. The molecular formula is C15H20N2O. The molecule has 1 heterocycles. The molecule has 0 unspecified atom stereocenters. The van der Waals surface area contributed by atoms with E-state index in [0.29, 0.717) is 6.54 Å². The van der Waals surface area contributed by atoms with Crippen LogP contribution in [-0.2, 0) is 5.41 Å². The summed E-state index contributed by atoms with van der Waals surface area (Å²) in [5, 5.41) is 0. The first-order valence-corrected chi connectivity index (χ1v) is 6.40. The van der Waals surface area contributed by atoms with Crippen LogP contribution in [0, 0.1) is 0 Å². The fraction of sp³-hybridized carbons (Fsp3) is 0.467. The highest BCUT2D eigenvalue weighted by Gasteiger charge is 2.24. The van der Waals surface area contributed by atoms with Crippen molar-refractivity contribution < 1.29 is 4.79 Å². The van der Waals surface area contributed by atoms with Gasteiger partial charge in [-0.1, -0.05) is 39.8 Å². The Morgan fingerprint density at radius 1 is 1.22 bits per heavy atom. The molecule has 0 spiro atoms. The third-order valence-electron chi connectivity index (χ3n) is 3.28. The van der Waals surface area contributed by atoms with Crippen molar-refractivity contribution in [3.63, 3.8) is 0 Å². The third kappa shape index (κ3) is 2.45. The van der Waals surface area contributed by atoms with E-state index in [4.69, 9.17) is 0 Å². The molecule has 2 rings (SSSR count). The summed E-state index contributed by atoms with van der Waals surface area (Å²) >= 11 is 0. The van der Waals surface area contributed by atoms with Gasteiger partial charge in [-0.05, 0) is 29.5 Å². The highest BCUT2D eigenvalue weighted by atomic mass is 16.2. The number of carbonyl (C=O) groups is 1. The lowest BCUT2D eigenvalue weighted by atomic mass is 9.87. The van der Waals surface area contributed by atoms with Crippen molar-refractivity contribution in [1.82, 2.24) is 0 Å². The largest absolute Gasteiger partial charge is 0.348 e. The molecule has 1 aromatic rings. The predicted octanol–water partition coefficient (Wildman–Crippen LogP) is 3.78. The number of benzene rings is 1. The quantitative estimate of drug-likeness (QED) is 0.779. The summed E-state index contributed by atoms with van der Waals surface area (Å²) in [5.41, 5.74) is 3.30. The number of carbonyl (C=O) groups excluding carboxylic acids is 1. The summed E-state index contributed by atoms with van der Waals surface area (Å²) in [7, 11) is 0. The molecule has 0 bridgehead atoms. The van der Waals surface area contributed by atoms with Crippen molar-refractivity contribution in [2.75, 3.05) is 11.4 Å². The number of rotatable bonds is 2. The number of urea groups is 1. The minimum Gasteiger partial charge on any atom is -0.287 e. The summed E-state index contributed by atoms with van der Waals surface area (Å²) in [6.07, 6.45) is 0.836. The molecule has 96 valence electrons. The van der Waals surface area contributed by atoms with Crippen LogP contribution >= 0.6 is 0 Å². The van der Waals surface area contributed by atoms with Crippen LogP contribution in [0.5, 0.6) is 0 Å². The van der Waals surface area contributed by atoms with Crippen molar-refractivity contribution in [2.24, 2.45) is 4.99 Å². The number of anilines is 1. The molecule has 0 saturated heterocycles. The fourth-order valence-electron chi connectivity index (χ4n) is 2.02. The van der Waals surface area contributed by atoms with Crippen LogP contribution < -0.4 is 4.90 Å². The molecule has 18 heavy (non-hydrogen) atoms. The minimum absolute atomic E-state index is 0.138.